The maximum Gasteiger partial charge on any atom is 0.240 e. The highest BCUT2D eigenvalue weighted by atomic mass is 16.2. The maximum atomic E-state index is 11.4. The number of rotatable bonds is 7. The number of carbonyl (C=O) groups excluding carboxylic acids is 1. The number of nitrogens with one attached hydrogen (secondary N) is 1. The van der Waals surface area contributed by atoms with Gasteiger partial charge in [-0.2, -0.15) is 5.10 Å². The van der Waals surface area contributed by atoms with Crippen LogP contribution >= 0.6 is 0 Å². The molecular formula is C15H22N2O. The second kappa shape index (κ2) is 8.45. The fourth-order valence-electron chi connectivity index (χ4n) is 1.70. The van der Waals surface area contributed by atoms with Gasteiger partial charge in [-0.05, 0) is 18.9 Å². The molecule has 0 atom stereocenters. The van der Waals surface area contributed by atoms with Gasteiger partial charge in [-0.25, -0.2) is 5.43 Å². The molecule has 0 radical (unpaired) electrons. The van der Waals surface area contributed by atoms with Crippen LogP contribution in [0.1, 0.15) is 50.2 Å². The van der Waals surface area contributed by atoms with Crippen LogP contribution in [-0.2, 0) is 4.79 Å². The molecule has 0 bridgehead atoms. The molecule has 0 saturated carbocycles. The Morgan fingerprint density at radius 2 is 2.17 bits per heavy atom. The number of hydrogen-bond donors (Lipinski definition) is 1. The standard InChI is InChI=1S/C15H22N2O/c1-3-4-5-6-10-15(18)17-16-12-14-9-7-8-13(2)11-14/h7-9,11-12H,3-6,10H2,1-2H3,(H,17,18)/b16-12+. The number of benzene rings is 1. The molecule has 1 aromatic carbocycles. The Morgan fingerprint density at radius 1 is 1.33 bits per heavy atom. The summed E-state index contributed by atoms with van der Waals surface area (Å²) in [7, 11) is 0. The van der Waals surface area contributed by atoms with E-state index in [0.717, 1.165) is 18.4 Å². The number of hydrazone groups is 1. The first-order valence-electron chi connectivity index (χ1n) is 6.61. The SMILES string of the molecule is CCCCCCC(=O)N/N=C/c1cccc(C)c1. The summed E-state index contributed by atoms with van der Waals surface area (Å²) in [4.78, 5) is 11.4. The van der Waals surface area contributed by atoms with Crippen molar-refractivity contribution in [3.05, 3.63) is 35.4 Å². The molecule has 1 rings (SSSR count). The molecule has 1 N–H and O–H groups in total. The van der Waals surface area contributed by atoms with Crippen LogP contribution in [0, 0.1) is 6.92 Å². The van der Waals surface area contributed by atoms with Crippen LogP contribution in [0.25, 0.3) is 0 Å². The zero-order valence-corrected chi connectivity index (χ0v) is 11.3. The van der Waals surface area contributed by atoms with E-state index in [2.05, 4.69) is 17.5 Å². The summed E-state index contributed by atoms with van der Waals surface area (Å²) in [6, 6.07) is 7.99. The van der Waals surface area contributed by atoms with Gasteiger partial charge in [0.2, 0.25) is 5.91 Å². The van der Waals surface area contributed by atoms with Gasteiger partial charge in [0.1, 0.15) is 0 Å². The van der Waals surface area contributed by atoms with E-state index in [0.29, 0.717) is 6.42 Å². The maximum absolute atomic E-state index is 11.4. The van der Waals surface area contributed by atoms with Crippen molar-refractivity contribution in [3.8, 4) is 0 Å². The van der Waals surface area contributed by atoms with Crippen molar-refractivity contribution >= 4 is 12.1 Å². The second-order valence-electron chi connectivity index (χ2n) is 4.52. The van der Waals surface area contributed by atoms with Gasteiger partial charge >= 0.3 is 0 Å². The van der Waals surface area contributed by atoms with Crippen LogP contribution in [-0.4, -0.2) is 12.1 Å². The molecule has 0 aliphatic rings. The van der Waals surface area contributed by atoms with Crippen LogP contribution in [0.5, 0.6) is 0 Å². The van der Waals surface area contributed by atoms with Gasteiger partial charge in [-0.15, -0.1) is 0 Å². The van der Waals surface area contributed by atoms with E-state index in [9.17, 15) is 4.79 Å². The van der Waals surface area contributed by atoms with Crippen LogP contribution in [0.2, 0.25) is 0 Å². The minimum absolute atomic E-state index is 0.00462. The Hall–Kier alpha value is -1.64. The molecule has 0 saturated heterocycles. The molecule has 0 aliphatic carbocycles. The van der Waals surface area contributed by atoms with Crippen LogP contribution in [0.15, 0.2) is 29.4 Å². The minimum Gasteiger partial charge on any atom is -0.273 e. The zero-order valence-electron chi connectivity index (χ0n) is 11.3. The molecule has 3 nitrogen and oxygen atoms in total. The first-order valence-corrected chi connectivity index (χ1v) is 6.61. The molecule has 1 amide bonds. The largest absolute Gasteiger partial charge is 0.273 e. The van der Waals surface area contributed by atoms with Gasteiger partial charge in [0.25, 0.3) is 0 Å². The molecule has 0 heterocycles. The fraction of sp³-hybridized carbons (Fsp3) is 0.467. The Kier molecular flexibility index (Phi) is 6.77. The topological polar surface area (TPSA) is 41.5 Å². The fourth-order valence-corrected chi connectivity index (χ4v) is 1.70. The zero-order chi connectivity index (χ0) is 13.2. The quantitative estimate of drug-likeness (QED) is 0.447. The highest BCUT2D eigenvalue weighted by Gasteiger charge is 1.98. The lowest BCUT2D eigenvalue weighted by molar-refractivity contribution is -0.121. The van der Waals surface area contributed by atoms with Gasteiger partial charge in [0.15, 0.2) is 0 Å². The summed E-state index contributed by atoms with van der Waals surface area (Å²) in [5.41, 5.74) is 4.74. The summed E-state index contributed by atoms with van der Waals surface area (Å²) >= 11 is 0. The van der Waals surface area contributed by atoms with Crippen molar-refractivity contribution in [1.29, 1.82) is 0 Å². The van der Waals surface area contributed by atoms with E-state index >= 15 is 0 Å². The Balaban J connectivity index is 2.25. The van der Waals surface area contributed by atoms with E-state index in [1.54, 1.807) is 6.21 Å². The summed E-state index contributed by atoms with van der Waals surface area (Å²) in [6.07, 6.45) is 6.68. The first kappa shape index (κ1) is 14.4. The third-order valence-electron chi connectivity index (χ3n) is 2.70. The number of carbonyl (C=O) groups is 1. The lowest BCUT2D eigenvalue weighted by Crippen LogP contribution is -2.16. The first-order chi connectivity index (χ1) is 8.72. The normalized spacial score (nSPS) is 10.8. The predicted octanol–water partition coefficient (Wildman–Crippen LogP) is 3.42. The van der Waals surface area contributed by atoms with Crippen molar-refractivity contribution in [1.82, 2.24) is 5.43 Å². The Labute approximate surface area is 109 Å². The van der Waals surface area contributed by atoms with Crippen LogP contribution < -0.4 is 5.43 Å². The summed E-state index contributed by atoms with van der Waals surface area (Å²) in [5.74, 6) is -0.00462. The second-order valence-corrected chi connectivity index (χ2v) is 4.52. The van der Waals surface area contributed by atoms with Gasteiger partial charge < -0.3 is 0 Å². The van der Waals surface area contributed by atoms with Crippen molar-refractivity contribution < 1.29 is 4.79 Å². The van der Waals surface area contributed by atoms with E-state index in [-0.39, 0.29) is 5.91 Å². The number of unbranched alkanes of at least 4 members (excludes halogenated alkanes) is 3. The molecule has 0 spiro atoms. The van der Waals surface area contributed by atoms with Gasteiger partial charge in [-0.3, -0.25) is 4.79 Å². The Morgan fingerprint density at radius 3 is 2.89 bits per heavy atom. The van der Waals surface area contributed by atoms with Gasteiger partial charge in [0, 0.05) is 6.42 Å². The van der Waals surface area contributed by atoms with Gasteiger partial charge in [-0.1, -0.05) is 56.0 Å². The molecule has 18 heavy (non-hydrogen) atoms. The van der Waals surface area contributed by atoms with Crippen LogP contribution in [0.3, 0.4) is 0 Å². The van der Waals surface area contributed by atoms with Gasteiger partial charge in [0.05, 0.1) is 6.21 Å². The number of nitrogens with zero attached hydrogens (tertiary/aromatic N) is 1. The number of hydrogen-bond acceptors (Lipinski definition) is 2. The number of aryl methyl sites for hydroxylation is 1. The summed E-state index contributed by atoms with van der Waals surface area (Å²) < 4.78 is 0. The Bertz CT molecular complexity index is 399. The molecule has 1 aromatic rings. The monoisotopic (exact) mass is 246 g/mol. The summed E-state index contributed by atoms with van der Waals surface area (Å²) in [6.45, 7) is 4.19. The molecule has 0 aliphatic heterocycles. The average Bonchev–Trinajstić information content (AvgIpc) is 2.35. The molecular weight excluding hydrogens is 224 g/mol. The third-order valence-corrected chi connectivity index (χ3v) is 2.70. The van der Waals surface area contributed by atoms with E-state index in [4.69, 9.17) is 0 Å². The highest BCUT2D eigenvalue weighted by Crippen LogP contribution is 2.02. The smallest absolute Gasteiger partial charge is 0.240 e. The van der Waals surface area contributed by atoms with Crippen molar-refractivity contribution in [3.63, 3.8) is 0 Å². The molecule has 98 valence electrons. The highest BCUT2D eigenvalue weighted by molar-refractivity contribution is 5.82. The van der Waals surface area contributed by atoms with E-state index < -0.39 is 0 Å². The summed E-state index contributed by atoms with van der Waals surface area (Å²) in [5, 5.41) is 3.96. The van der Waals surface area contributed by atoms with Crippen molar-refractivity contribution in [2.75, 3.05) is 0 Å². The van der Waals surface area contributed by atoms with E-state index in [1.165, 1.54) is 18.4 Å². The van der Waals surface area contributed by atoms with Crippen LogP contribution in [0.4, 0.5) is 0 Å². The molecule has 0 unspecified atom stereocenters. The average molecular weight is 246 g/mol. The molecule has 3 heteroatoms. The third kappa shape index (κ3) is 6.18. The minimum atomic E-state index is -0.00462. The van der Waals surface area contributed by atoms with E-state index in [1.807, 2.05) is 31.2 Å². The lowest BCUT2D eigenvalue weighted by atomic mass is 10.1. The molecule has 0 fully saturated rings. The number of amides is 1. The predicted molar refractivity (Wildman–Crippen MR) is 75.7 cm³/mol. The lowest BCUT2D eigenvalue weighted by Gasteiger charge is -1.99. The molecule has 0 aromatic heterocycles. The van der Waals surface area contributed by atoms with Crippen molar-refractivity contribution in [2.45, 2.75) is 46.0 Å². The van der Waals surface area contributed by atoms with Crippen molar-refractivity contribution in [2.24, 2.45) is 5.10 Å².